The molecule has 0 fully saturated rings. The number of H-pyrrole nitrogens is 2. The Hall–Kier alpha value is -2.91. The van der Waals surface area contributed by atoms with Gasteiger partial charge in [0, 0.05) is 40.9 Å². The lowest BCUT2D eigenvalue weighted by Crippen LogP contribution is -2.39. The number of hydrogen-bond acceptors (Lipinski definition) is 4. The van der Waals surface area contributed by atoms with Gasteiger partial charge >= 0.3 is 0 Å². The number of nitrogens with one attached hydrogen (secondary N) is 2. The summed E-state index contributed by atoms with van der Waals surface area (Å²) in [6, 6.07) is 3.84. The van der Waals surface area contributed by atoms with E-state index in [1.165, 1.54) is 0 Å². The van der Waals surface area contributed by atoms with Crippen LogP contribution in [0.25, 0.3) is 22.2 Å². The number of aryl methyl sites for hydroxylation is 3. The minimum Gasteiger partial charge on any atom is -0.361 e. The number of amides is 1. The number of rotatable bonds is 3. The number of benzene rings is 1. The van der Waals surface area contributed by atoms with Crippen LogP contribution in [0.4, 0.5) is 0 Å². The van der Waals surface area contributed by atoms with E-state index in [0.29, 0.717) is 34.7 Å². The van der Waals surface area contributed by atoms with Crippen LogP contribution < -0.4 is 5.56 Å². The molecule has 5 rings (SSSR count). The first-order valence-corrected chi connectivity index (χ1v) is 11.3. The second kappa shape index (κ2) is 7.60. The molecule has 164 valence electrons. The van der Waals surface area contributed by atoms with Gasteiger partial charge in [0.15, 0.2) is 0 Å². The van der Waals surface area contributed by atoms with E-state index in [4.69, 9.17) is 11.6 Å². The first kappa shape index (κ1) is 21.0. The molecule has 2 N–H and O–H groups in total. The average molecular weight is 516 g/mol. The van der Waals surface area contributed by atoms with Crippen molar-refractivity contribution in [1.29, 1.82) is 0 Å². The van der Waals surface area contributed by atoms with Gasteiger partial charge in [0.1, 0.15) is 0 Å². The van der Waals surface area contributed by atoms with Crippen LogP contribution in [0.3, 0.4) is 0 Å². The highest BCUT2D eigenvalue weighted by molar-refractivity contribution is 9.10. The highest BCUT2D eigenvalue weighted by Crippen LogP contribution is 2.40. The molecule has 1 amide bonds. The molecule has 3 aromatic heterocycles. The van der Waals surface area contributed by atoms with Crippen LogP contribution in [0.5, 0.6) is 0 Å². The molecule has 1 aromatic carbocycles. The van der Waals surface area contributed by atoms with Crippen LogP contribution in [-0.4, -0.2) is 42.3 Å². The Morgan fingerprint density at radius 3 is 2.78 bits per heavy atom. The van der Waals surface area contributed by atoms with Crippen LogP contribution in [0, 0.1) is 13.8 Å². The average Bonchev–Trinajstić information content (AvgIpc) is 3.36. The summed E-state index contributed by atoms with van der Waals surface area (Å²) in [4.78, 5) is 34.0. The lowest BCUT2D eigenvalue weighted by atomic mass is 9.94. The van der Waals surface area contributed by atoms with Gasteiger partial charge in [0.05, 0.1) is 39.6 Å². The molecule has 0 unspecified atom stereocenters. The number of carbonyl (C=O) groups excluding carboxylic acids is 1. The molecule has 0 radical (unpaired) electrons. The van der Waals surface area contributed by atoms with Crippen molar-refractivity contribution in [3.8, 4) is 11.3 Å². The molecule has 1 aliphatic rings. The summed E-state index contributed by atoms with van der Waals surface area (Å²) in [6.45, 7) is 4.39. The molecule has 4 heterocycles. The third-order valence-electron chi connectivity index (χ3n) is 6.08. The maximum Gasteiger partial charge on any atom is 0.256 e. The molecular formula is C22H20BrClN6O2. The van der Waals surface area contributed by atoms with Gasteiger partial charge < -0.3 is 14.9 Å². The fraction of sp³-hybridized carbons (Fsp3) is 0.273. The van der Waals surface area contributed by atoms with Crippen LogP contribution >= 0.6 is 27.5 Å². The van der Waals surface area contributed by atoms with Gasteiger partial charge in [-0.15, -0.1) is 5.10 Å². The van der Waals surface area contributed by atoms with Gasteiger partial charge in [0.25, 0.3) is 11.5 Å². The monoisotopic (exact) mass is 514 g/mol. The van der Waals surface area contributed by atoms with Crippen molar-refractivity contribution in [2.24, 2.45) is 7.05 Å². The van der Waals surface area contributed by atoms with E-state index < -0.39 is 0 Å². The number of halogens is 2. The van der Waals surface area contributed by atoms with E-state index >= 15 is 0 Å². The Morgan fingerprint density at radius 2 is 2.06 bits per heavy atom. The van der Waals surface area contributed by atoms with Crippen molar-refractivity contribution < 1.29 is 4.79 Å². The topological polar surface area (TPSA) is 99.7 Å². The number of aromatic amines is 2. The molecule has 0 saturated carbocycles. The van der Waals surface area contributed by atoms with Crippen molar-refractivity contribution in [1.82, 2.24) is 29.9 Å². The van der Waals surface area contributed by atoms with E-state index in [0.717, 1.165) is 38.0 Å². The number of nitrogens with zero attached hydrogens (tertiary/aromatic N) is 4. The molecule has 0 aliphatic carbocycles. The van der Waals surface area contributed by atoms with Crippen molar-refractivity contribution in [3.05, 3.63) is 66.3 Å². The fourth-order valence-electron chi connectivity index (χ4n) is 4.49. The van der Waals surface area contributed by atoms with Crippen molar-refractivity contribution in [3.63, 3.8) is 0 Å². The summed E-state index contributed by atoms with van der Waals surface area (Å²) < 4.78 is 2.47. The van der Waals surface area contributed by atoms with Crippen LogP contribution in [0.1, 0.15) is 32.9 Å². The minimum atomic E-state index is -0.203. The Kier molecular flexibility index (Phi) is 4.98. The molecule has 1 aliphatic heterocycles. The molecule has 0 bridgehead atoms. The van der Waals surface area contributed by atoms with E-state index in [1.807, 2.05) is 26.0 Å². The smallest absolute Gasteiger partial charge is 0.256 e. The first-order chi connectivity index (χ1) is 15.3. The molecule has 0 atom stereocenters. The third kappa shape index (κ3) is 3.10. The highest BCUT2D eigenvalue weighted by Gasteiger charge is 2.32. The summed E-state index contributed by atoms with van der Waals surface area (Å²) in [7, 11) is 1.79. The molecular weight excluding hydrogens is 496 g/mol. The van der Waals surface area contributed by atoms with E-state index in [-0.39, 0.29) is 18.0 Å². The summed E-state index contributed by atoms with van der Waals surface area (Å²) in [6.07, 6.45) is 2.42. The summed E-state index contributed by atoms with van der Waals surface area (Å²) in [5.41, 5.74) is 5.37. The Labute approximate surface area is 196 Å². The van der Waals surface area contributed by atoms with Gasteiger partial charge in [-0.3, -0.25) is 9.59 Å². The van der Waals surface area contributed by atoms with E-state index in [2.05, 4.69) is 36.2 Å². The van der Waals surface area contributed by atoms with Crippen LogP contribution in [0.15, 0.2) is 27.6 Å². The standard InChI is InChI=1S/C22H20BrClN6O2/c1-10-12-4-6-25-19(12)15(21(31)26-10)9-30-7-5-13-16(23)8-14(18(24)17(13)22(30)32)20-11(2)27-28-29(20)3/h4,6,8,25H,5,7,9H2,1-3H3,(H,26,31). The maximum atomic E-state index is 13.6. The van der Waals surface area contributed by atoms with Crippen molar-refractivity contribution in [2.75, 3.05) is 6.54 Å². The Bertz CT molecular complexity index is 1450. The zero-order valence-corrected chi connectivity index (χ0v) is 20.1. The summed E-state index contributed by atoms with van der Waals surface area (Å²) in [5, 5.41) is 9.48. The number of fused-ring (bicyclic) bond motifs is 2. The van der Waals surface area contributed by atoms with Gasteiger partial charge in [0.2, 0.25) is 0 Å². The number of hydrogen-bond donors (Lipinski definition) is 2. The van der Waals surface area contributed by atoms with Gasteiger partial charge in [-0.2, -0.15) is 0 Å². The highest BCUT2D eigenvalue weighted by atomic mass is 79.9. The molecule has 8 nitrogen and oxygen atoms in total. The van der Waals surface area contributed by atoms with Crippen molar-refractivity contribution in [2.45, 2.75) is 26.8 Å². The second-order valence-electron chi connectivity index (χ2n) is 8.02. The normalized spacial score (nSPS) is 13.8. The van der Waals surface area contributed by atoms with Gasteiger partial charge in [-0.25, -0.2) is 4.68 Å². The summed E-state index contributed by atoms with van der Waals surface area (Å²) >= 11 is 10.4. The second-order valence-corrected chi connectivity index (χ2v) is 9.25. The predicted octanol–water partition coefficient (Wildman–Crippen LogP) is 3.88. The largest absolute Gasteiger partial charge is 0.361 e. The van der Waals surface area contributed by atoms with Crippen molar-refractivity contribution >= 4 is 44.3 Å². The lowest BCUT2D eigenvalue weighted by Gasteiger charge is -2.30. The quantitative estimate of drug-likeness (QED) is 0.432. The van der Waals surface area contributed by atoms with Gasteiger partial charge in [-0.1, -0.05) is 32.7 Å². The number of pyridine rings is 1. The molecule has 0 saturated heterocycles. The summed E-state index contributed by atoms with van der Waals surface area (Å²) in [5.74, 6) is -0.203. The van der Waals surface area contributed by atoms with Gasteiger partial charge in [-0.05, 0) is 38.0 Å². The number of carbonyl (C=O) groups is 1. The zero-order chi connectivity index (χ0) is 22.7. The maximum absolute atomic E-state index is 13.6. The Morgan fingerprint density at radius 1 is 1.28 bits per heavy atom. The predicted molar refractivity (Wildman–Crippen MR) is 126 cm³/mol. The minimum absolute atomic E-state index is 0.190. The van der Waals surface area contributed by atoms with E-state index in [9.17, 15) is 9.59 Å². The first-order valence-electron chi connectivity index (χ1n) is 10.1. The fourth-order valence-corrected chi connectivity index (χ4v) is 5.45. The SMILES string of the molecule is Cc1nnn(C)c1-c1cc(Br)c2c(c1Cl)C(=O)N(Cc1c(=O)[nH]c(C)c3cc[nH]c13)CC2. The Balaban J connectivity index is 1.60. The zero-order valence-electron chi connectivity index (χ0n) is 17.7. The number of aromatic nitrogens is 5. The van der Waals surface area contributed by atoms with Crippen LogP contribution in [-0.2, 0) is 20.0 Å². The molecule has 10 heteroatoms. The molecule has 0 spiro atoms. The molecule has 4 aromatic rings. The lowest BCUT2D eigenvalue weighted by molar-refractivity contribution is 0.0727. The third-order valence-corrected chi connectivity index (χ3v) is 7.18. The van der Waals surface area contributed by atoms with Crippen LogP contribution in [0.2, 0.25) is 5.02 Å². The molecule has 32 heavy (non-hydrogen) atoms. The van der Waals surface area contributed by atoms with E-state index in [1.54, 1.807) is 22.8 Å².